The van der Waals surface area contributed by atoms with Crippen LogP contribution in [0, 0.1) is 5.82 Å². The van der Waals surface area contributed by atoms with Crippen molar-refractivity contribution in [1.29, 1.82) is 0 Å². The number of halogens is 1. The van der Waals surface area contributed by atoms with Gasteiger partial charge in [0.05, 0.1) is 12.0 Å². The third kappa shape index (κ3) is 3.29. The van der Waals surface area contributed by atoms with Gasteiger partial charge in [-0.1, -0.05) is 12.1 Å². The Labute approximate surface area is 106 Å². The van der Waals surface area contributed by atoms with Crippen molar-refractivity contribution in [3.8, 4) is 0 Å². The molecular formula is C14H18FNO2. The van der Waals surface area contributed by atoms with Gasteiger partial charge in [-0.25, -0.2) is 4.39 Å². The molecule has 0 saturated carbocycles. The Morgan fingerprint density at radius 2 is 2.11 bits per heavy atom. The van der Waals surface area contributed by atoms with Crippen molar-refractivity contribution in [1.82, 2.24) is 4.90 Å². The highest BCUT2D eigenvalue weighted by Crippen LogP contribution is 2.20. The van der Waals surface area contributed by atoms with Crippen molar-refractivity contribution in [3.05, 3.63) is 35.6 Å². The highest BCUT2D eigenvalue weighted by atomic mass is 19.1. The second kappa shape index (κ2) is 5.06. The van der Waals surface area contributed by atoms with Gasteiger partial charge in [0.25, 0.3) is 0 Å². The molecule has 1 amide bonds. The van der Waals surface area contributed by atoms with Crippen LogP contribution in [0.1, 0.15) is 25.3 Å². The smallest absolute Gasteiger partial charge is 0.227 e. The van der Waals surface area contributed by atoms with E-state index in [1.165, 1.54) is 12.1 Å². The number of nitrogens with zero attached hydrogens (tertiary/aromatic N) is 1. The average Bonchev–Trinajstić information content (AvgIpc) is 2.31. The number of β-amino-alcohol motifs (C(OH)–C–C–N with tert-alkyl or cyclic N) is 1. The summed E-state index contributed by atoms with van der Waals surface area (Å²) in [6, 6.07) is 5.95. The van der Waals surface area contributed by atoms with Gasteiger partial charge in [0.2, 0.25) is 5.91 Å². The number of rotatable bonds is 2. The monoisotopic (exact) mass is 251 g/mol. The predicted molar refractivity (Wildman–Crippen MR) is 66.5 cm³/mol. The summed E-state index contributed by atoms with van der Waals surface area (Å²) in [5.74, 6) is -0.311. The van der Waals surface area contributed by atoms with E-state index >= 15 is 0 Å². The molecule has 1 unspecified atom stereocenters. The van der Waals surface area contributed by atoms with Gasteiger partial charge >= 0.3 is 0 Å². The molecule has 1 atom stereocenters. The maximum absolute atomic E-state index is 12.8. The van der Waals surface area contributed by atoms with E-state index in [0.717, 1.165) is 18.4 Å². The van der Waals surface area contributed by atoms with Crippen molar-refractivity contribution in [2.45, 2.75) is 31.8 Å². The molecule has 1 heterocycles. The summed E-state index contributed by atoms with van der Waals surface area (Å²) in [5, 5.41) is 9.95. The van der Waals surface area contributed by atoms with E-state index in [9.17, 15) is 14.3 Å². The van der Waals surface area contributed by atoms with Crippen LogP contribution in [-0.2, 0) is 11.2 Å². The maximum Gasteiger partial charge on any atom is 0.227 e. The van der Waals surface area contributed by atoms with Crippen LogP contribution in [0.5, 0.6) is 0 Å². The van der Waals surface area contributed by atoms with E-state index in [1.807, 2.05) is 0 Å². The zero-order chi connectivity index (χ0) is 13.2. The van der Waals surface area contributed by atoms with Crippen molar-refractivity contribution in [3.63, 3.8) is 0 Å². The van der Waals surface area contributed by atoms with Gasteiger partial charge < -0.3 is 10.0 Å². The van der Waals surface area contributed by atoms with Gasteiger partial charge in [-0.05, 0) is 37.5 Å². The van der Waals surface area contributed by atoms with Crippen LogP contribution < -0.4 is 0 Å². The normalized spacial score (nSPS) is 24.1. The number of hydrogen-bond donors (Lipinski definition) is 1. The molecule has 18 heavy (non-hydrogen) atoms. The minimum atomic E-state index is -0.781. The number of carbonyl (C=O) groups excluding carboxylic acids is 1. The molecule has 1 fully saturated rings. The Morgan fingerprint density at radius 1 is 1.44 bits per heavy atom. The molecule has 1 N–H and O–H groups in total. The first-order valence-electron chi connectivity index (χ1n) is 6.21. The first-order valence-corrected chi connectivity index (χ1v) is 6.21. The van der Waals surface area contributed by atoms with E-state index in [4.69, 9.17) is 0 Å². The standard InChI is InChI=1S/C14H18FNO2/c1-14(18)7-2-8-16(10-14)13(17)9-11-3-5-12(15)6-4-11/h3-6,18H,2,7-10H2,1H3. The predicted octanol–water partition coefficient (Wildman–Crippen LogP) is 1.74. The van der Waals surface area contributed by atoms with Gasteiger partial charge in [-0.2, -0.15) is 0 Å². The lowest BCUT2D eigenvalue weighted by molar-refractivity contribution is -0.136. The molecule has 3 nitrogen and oxygen atoms in total. The molecular weight excluding hydrogens is 233 g/mol. The highest BCUT2D eigenvalue weighted by Gasteiger charge is 2.30. The molecule has 1 aromatic rings. The minimum Gasteiger partial charge on any atom is -0.388 e. The number of carbonyl (C=O) groups is 1. The summed E-state index contributed by atoms with van der Waals surface area (Å²) in [6.07, 6.45) is 1.81. The fraction of sp³-hybridized carbons (Fsp3) is 0.500. The van der Waals surface area contributed by atoms with E-state index < -0.39 is 5.60 Å². The first kappa shape index (κ1) is 13.0. The number of amides is 1. The van der Waals surface area contributed by atoms with Crippen LogP contribution in [0.15, 0.2) is 24.3 Å². The van der Waals surface area contributed by atoms with Gasteiger partial charge in [0, 0.05) is 13.1 Å². The summed E-state index contributed by atoms with van der Waals surface area (Å²) < 4.78 is 12.8. The molecule has 0 radical (unpaired) electrons. The molecule has 1 aliphatic rings. The second-order valence-electron chi connectivity index (χ2n) is 5.22. The molecule has 0 spiro atoms. The lowest BCUT2D eigenvalue weighted by Crippen LogP contribution is -2.49. The number of piperidine rings is 1. The Bertz CT molecular complexity index is 428. The van der Waals surface area contributed by atoms with Crippen LogP contribution in [0.25, 0.3) is 0 Å². The third-order valence-electron chi connectivity index (χ3n) is 3.30. The molecule has 2 rings (SSSR count). The van der Waals surface area contributed by atoms with E-state index in [0.29, 0.717) is 13.1 Å². The summed E-state index contributed by atoms with van der Waals surface area (Å²) in [5.41, 5.74) is 0.0167. The van der Waals surface area contributed by atoms with Crippen LogP contribution in [-0.4, -0.2) is 34.6 Å². The van der Waals surface area contributed by atoms with Crippen molar-refractivity contribution >= 4 is 5.91 Å². The molecule has 1 saturated heterocycles. The second-order valence-corrected chi connectivity index (χ2v) is 5.22. The van der Waals surface area contributed by atoms with Crippen molar-refractivity contribution < 1.29 is 14.3 Å². The van der Waals surface area contributed by atoms with Gasteiger partial charge in [-0.3, -0.25) is 4.79 Å². The van der Waals surface area contributed by atoms with Crippen molar-refractivity contribution in [2.24, 2.45) is 0 Å². The van der Waals surface area contributed by atoms with E-state index in [1.54, 1.807) is 24.0 Å². The minimum absolute atomic E-state index is 0.0124. The highest BCUT2D eigenvalue weighted by molar-refractivity contribution is 5.79. The Balaban J connectivity index is 1.97. The number of benzene rings is 1. The average molecular weight is 251 g/mol. The summed E-state index contributed by atoms with van der Waals surface area (Å²) in [4.78, 5) is 13.7. The number of aliphatic hydroxyl groups is 1. The maximum atomic E-state index is 12.8. The topological polar surface area (TPSA) is 40.5 Å². The first-order chi connectivity index (χ1) is 8.46. The lowest BCUT2D eigenvalue weighted by atomic mass is 9.95. The summed E-state index contributed by atoms with van der Waals surface area (Å²) >= 11 is 0. The Hall–Kier alpha value is -1.42. The van der Waals surface area contributed by atoms with Gasteiger partial charge in [0.1, 0.15) is 5.82 Å². The molecule has 0 aliphatic carbocycles. The van der Waals surface area contributed by atoms with Gasteiger partial charge in [-0.15, -0.1) is 0 Å². The molecule has 0 bridgehead atoms. The van der Waals surface area contributed by atoms with E-state index in [2.05, 4.69) is 0 Å². The zero-order valence-corrected chi connectivity index (χ0v) is 10.5. The molecule has 98 valence electrons. The number of hydrogen-bond acceptors (Lipinski definition) is 2. The Morgan fingerprint density at radius 3 is 2.72 bits per heavy atom. The zero-order valence-electron chi connectivity index (χ0n) is 10.5. The summed E-state index contributed by atoms with van der Waals surface area (Å²) in [7, 11) is 0. The van der Waals surface area contributed by atoms with E-state index in [-0.39, 0.29) is 18.1 Å². The SMILES string of the molecule is CC1(O)CCCN(C(=O)Cc2ccc(F)cc2)C1. The molecule has 0 aromatic heterocycles. The fourth-order valence-corrected chi connectivity index (χ4v) is 2.32. The fourth-order valence-electron chi connectivity index (χ4n) is 2.32. The molecule has 4 heteroatoms. The van der Waals surface area contributed by atoms with Crippen molar-refractivity contribution in [2.75, 3.05) is 13.1 Å². The lowest BCUT2D eigenvalue weighted by Gasteiger charge is -2.36. The largest absolute Gasteiger partial charge is 0.388 e. The quantitative estimate of drug-likeness (QED) is 0.869. The third-order valence-corrected chi connectivity index (χ3v) is 3.30. The molecule has 1 aliphatic heterocycles. The van der Waals surface area contributed by atoms with Crippen LogP contribution in [0.4, 0.5) is 4.39 Å². The molecule has 1 aromatic carbocycles. The van der Waals surface area contributed by atoms with Gasteiger partial charge in [0.15, 0.2) is 0 Å². The van der Waals surface area contributed by atoms with Crippen LogP contribution in [0.2, 0.25) is 0 Å². The summed E-state index contributed by atoms with van der Waals surface area (Å²) in [6.45, 7) is 2.83. The number of likely N-dealkylation sites (tertiary alicyclic amines) is 1. The van der Waals surface area contributed by atoms with Crippen LogP contribution in [0.3, 0.4) is 0 Å². The van der Waals surface area contributed by atoms with Crippen LogP contribution >= 0.6 is 0 Å². The Kier molecular flexibility index (Phi) is 3.66.